The van der Waals surface area contributed by atoms with E-state index in [1.165, 1.54) is 0 Å². The molecule has 0 radical (unpaired) electrons. The second-order valence-electron chi connectivity index (χ2n) is 4.07. The zero-order chi connectivity index (χ0) is 12.8. The normalized spacial score (nSPS) is 14.6. The van der Waals surface area contributed by atoms with Crippen molar-refractivity contribution < 1.29 is 19.8 Å². The predicted octanol–water partition coefficient (Wildman–Crippen LogP) is -0.829. The van der Waals surface area contributed by atoms with E-state index >= 15 is 0 Å². The average molecular weight is 232 g/mol. The van der Waals surface area contributed by atoms with Crippen LogP contribution in [0.3, 0.4) is 0 Å². The monoisotopic (exact) mass is 232 g/mol. The summed E-state index contributed by atoms with van der Waals surface area (Å²) < 4.78 is 0. The molecular formula is C10H20N2O4. The zero-order valence-corrected chi connectivity index (χ0v) is 9.69. The maximum absolute atomic E-state index is 11.4. The van der Waals surface area contributed by atoms with E-state index in [1.54, 1.807) is 13.8 Å². The van der Waals surface area contributed by atoms with Gasteiger partial charge >= 0.3 is 5.97 Å². The summed E-state index contributed by atoms with van der Waals surface area (Å²) in [5, 5.41) is 20.1. The van der Waals surface area contributed by atoms with E-state index in [1.807, 2.05) is 0 Å². The van der Waals surface area contributed by atoms with E-state index in [-0.39, 0.29) is 32.0 Å². The number of nitrogens with two attached hydrogens (primary N) is 1. The molecule has 0 heterocycles. The van der Waals surface area contributed by atoms with Crippen LogP contribution in [0.5, 0.6) is 0 Å². The summed E-state index contributed by atoms with van der Waals surface area (Å²) in [6, 6.07) is 0. The van der Waals surface area contributed by atoms with E-state index in [9.17, 15) is 9.59 Å². The Morgan fingerprint density at radius 2 is 2.00 bits per heavy atom. The van der Waals surface area contributed by atoms with Crippen molar-refractivity contribution in [2.75, 3.05) is 19.7 Å². The highest BCUT2D eigenvalue weighted by Gasteiger charge is 2.42. The second kappa shape index (κ2) is 6.44. The number of rotatable bonds is 7. The first kappa shape index (κ1) is 14.9. The van der Waals surface area contributed by atoms with E-state index in [0.29, 0.717) is 0 Å². The number of hydrogen-bond acceptors (Lipinski definition) is 4. The number of amides is 1. The minimum Gasteiger partial charge on any atom is -0.481 e. The Morgan fingerprint density at radius 3 is 2.31 bits per heavy atom. The summed E-state index contributed by atoms with van der Waals surface area (Å²) in [7, 11) is 0. The summed E-state index contributed by atoms with van der Waals surface area (Å²) in [6.07, 6.45) is -0.170. The molecule has 0 bridgehead atoms. The van der Waals surface area contributed by atoms with Gasteiger partial charge in [0.1, 0.15) is 0 Å². The summed E-state index contributed by atoms with van der Waals surface area (Å²) in [6.45, 7) is 3.31. The van der Waals surface area contributed by atoms with Crippen LogP contribution < -0.4 is 11.1 Å². The molecule has 5 N–H and O–H groups in total. The lowest BCUT2D eigenvalue weighted by Crippen LogP contribution is -2.47. The number of aliphatic hydroxyl groups excluding tert-OH is 1. The van der Waals surface area contributed by atoms with E-state index < -0.39 is 17.3 Å². The fraction of sp³-hybridized carbons (Fsp3) is 0.800. The van der Waals surface area contributed by atoms with Gasteiger partial charge in [0.25, 0.3) is 0 Å². The maximum Gasteiger partial charge on any atom is 0.311 e. The van der Waals surface area contributed by atoms with Crippen molar-refractivity contribution in [3.63, 3.8) is 0 Å². The second-order valence-corrected chi connectivity index (χ2v) is 4.07. The third-order valence-corrected chi connectivity index (χ3v) is 2.81. The third kappa shape index (κ3) is 3.46. The van der Waals surface area contributed by atoms with Gasteiger partial charge in [0, 0.05) is 19.5 Å². The Hall–Kier alpha value is -1.14. The Morgan fingerprint density at radius 1 is 1.44 bits per heavy atom. The molecular weight excluding hydrogens is 212 g/mol. The van der Waals surface area contributed by atoms with E-state index in [2.05, 4.69) is 5.32 Å². The van der Waals surface area contributed by atoms with Crippen molar-refractivity contribution in [2.24, 2.45) is 17.1 Å². The molecule has 94 valence electrons. The standard InChI is InChI=1S/C10H20N2O4/c1-7(2)10(6-11,9(15)16)5-8(14)12-3-4-13/h7,13H,3-6,11H2,1-2H3,(H,12,14)(H,15,16). The van der Waals surface area contributed by atoms with Crippen molar-refractivity contribution in [2.45, 2.75) is 20.3 Å². The number of aliphatic hydroxyl groups is 1. The van der Waals surface area contributed by atoms with Crippen LogP contribution in [-0.2, 0) is 9.59 Å². The van der Waals surface area contributed by atoms with Gasteiger partial charge in [-0.2, -0.15) is 0 Å². The molecule has 0 aliphatic heterocycles. The molecule has 6 nitrogen and oxygen atoms in total. The maximum atomic E-state index is 11.4. The molecule has 16 heavy (non-hydrogen) atoms. The fourth-order valence-electron chi connectivity index (χ4n) is 1.47. The first-order chi connectivity index (χ1) is 7.40. The number of carboxylic acid groups (broad SMARTS) is 1. The molecule has 0 aromatic heterocycles. The number of carbonyl (C=O) groups is 2. The lowest BCUT2D eigenvalue weighted by atomic mass is 9.74. The lowest BCUT2D eigenvalue weighted by Gasteiger charge is -2.31. The molecule has 0 saturated heterocycles. The lowest BCUT2D eigenvalue weighted by molar-refractivity contribution is -0.154. The van der Waals surface area contributed by atoms with Crippen LogP contribution in [0.2, 0.25) is 0 Å². The van der Waals surface area contributed by atoms with Gasteiger partial charge in [0.15, 0.2) is 0 Å². The molecule has 1 unspecified atom stereocenters. The van der Waals surface area contributed by atoms with Crippen LogP contribution in [0, 0.1) is 11.3 Å². The SMILES string of the molecule is CC(C)C(CN)(CC(=O)NCCO)C(=O)O. The number of hydrogen-bond donors (Lipinski definition) is 4. The molecule has 0 fully saturated rings. The van der Waals surface area contributed by atoms with E-state index in [0.717, 1.165) is 0 Å². The Bertz CT molecular complexity index is 255. The highest BCUT2D eigenvalue weighted by molar-refractivity contribution is 5.85. The van der Waals surface area contributed by atoms with Crippen LogP contribution in [0.15, 0.2) is 0 Å². The van der Waals surface area contributed by atoms with Crippen molar-refractivity contribution in [1.82, 2.24) is 5.32 Å². The van der Waals surface area contributed by atoms with Crippen LogP contribution in [0.4, 0.5) is 0 Å². The van der Waals surface area contributed by atoms with Crippen molar-refractivity contribution >= 4 is 11.9 Å². The van der Waals surface area contributed by atoms with E-state index in [4.69, 9.17) is 15.9 Å². The number of carbonyl (C=O) groups excluding carboxylic acids is 1. The number of aliphatic carboxylic acids is 1. The minimum atomic E-state index is -1.24. The predicted molar refractivity (Wildman–Crippen MR) is 58.7 cm³/mol. The molecule has 0 spiro atoms. The van der Waals surface area contributed by atoms with Gasteiger partial charge in [-0.05, 0) is 5.92 Å². The Balaban J connectivity index is 4.67. The molecule has 0 rings (SSSR count). The van der Waals surface area contributed by atoms with Crippen molar-refractivity contribution in [3.05, 3.63) is 0 Å². The number of nitrogens with one attached hydrogen (secondary N) is 1. The summed E-state index contributed by atoms with van der Waals surface area (Å²) in [4.78, 5) is 22.6. The molecule has 0 aromatic carbocycles. The molecule has 0 saturated carbocycles. The van der Waals surface area contributed by atoms with Crippen LogP contribution in [0.1, 0.15) is 20.3 Å². The van der Waals surface area contributed by atoms with Gasteiger partial charge < -0.3 is 21.3 Å². The molecule has 0 aliphatic carbocycles. The zero-order valence-electron chi connectivity index (χ0n) is 9.69. The fourth-order valence-corrected chi connectivity index (χ4v) is 1.47. The van der Waals surface area contributed by atoms with Gasteiger partial charge in [0.05, 0.1) is 12.0 Å². The Labute approximate surface area is 94.8 Å². The van der Waals surface area contributed by atoms with Gasteiger partial charge in [-0.3, -0.25) is 9.59 Å². The van der Waals surface area contributed by atoms with Crippen LogP contribution in [0.25, 0.3) is 0 Å². The van der Waals surface area contributed by atoms with Crippen LogP contribution >= 0.6 is 0 Å². The highest BCUT2D eigenvalue weighted by Crippen LogP contribution is 2.30. The first-order valence-electron chi connectivity index (χ1n) is 5.21. The first-order valence-corrected chi connectivity index (χ1v) is 5.21. The van der Waals surface area contributed by atoms with Gasteiger partial charge in [-0.15, -0.1) is 0 Å². The molecule has 0 aliphatic rings. The molecule has 1 amide bonds. The van der Waals surface area contributed by atoms with Crippen molar-refractivity contribution in [3.8, 4) is 0 Å². The highest BCUT2D eigenvalue weighted by atomic mass is 16.4. The molecule has 6 heteroatoms. The topological polar surface area (TPSA) is 113 Å². The van der Waals surface area contributed by atoms with Gasteiger partial charge in [0.2, 0.25) is 5.91 Å². The summed E-state index contributed by atoms with van der Waals surface area (Å²) in [5.41, 5.74) is 4.24. The molecule has 0 aromatic rings. The largest absolute Gasteiger partial charge is 0.481 e. The van der Waals surface area contributed by atoms with Gasteiger partial charge in [-0.25, -0.2) is 0 Å². The summed E-state index contributed by atoms with van der Waals surface area (Å²) >= 11 is 0. The molecule has 1 atom stereocenters. The number of carboxylic acids is 1. The van der Waals surface area contributed by atoms with Crippen molar-refractivity contribution in [1.29, 1.82) is 0 Å². The average Bonchev–Trinajstić information content (AvgIpc) is 2.22. The summed E-state index contributed by atoms with van der Waals surface area (Å²) in [5.74, 6) is -1.71. The quantitative estimate of drug-likeness (QED) is 0.457. The third-order valence-electron chi connectivity index (χ3n) is 2.81. The van der Waals surface area contributed by atoms with Crippen LogP contribution in [-0.4, -0.2) is 41.8 Å². The minimum absolute atomic E-state index is 0.0907. The smallest absolute Gasteiger partial charge is 0.311 e. The Kier molecular flexibility index (Phi) is 5.98. The van der Waals surface area contributed by atoms with Gasteiger partial charge in [-0.1, -0.05) is 13.8 Å².